The average Bonchev–Trinajstić information content (AvgIpc) is 2.55. The molecule has 128 valence electrons. The van der Waals surface area contributed by atoms with E-state index in [1.807, 2.05) is 17.1 Å². The maximum Gasteiger partial charge on any atom is 0.325 e. The van der Waals surface area contributed by atoms with Crippen LogP contribution in [0.4, 0.5) is 11.4 Å². The van der Waals surface area contributed by atoms with Crippen LogP contribution < -0.4 is 20.9 Å². The molecule has 2 aromatic rings. The minimum Gasteiger partial charge on any atom is -0.372 e. The van der Waals surface area contributed by atoms with Gasteiger partial charge in [-0.15, -0.1) is 0 Å². The van der Waals surface area contributed by atoms with Gasteiger partial charge in [0.05, 0.1) is 0 Å². The highest BCUT2D eigenvalue weighted by molar-refractivity contribution is 7.92. The number of nitrogens with one attached hydrogen (secondary N) is 3. The standard InChI is InChI=1S/C15H18N4O4S/c20-14-13(10-16-15(21)17-14)24(22,23)18-11-4-6-12(7-5-11)19-8-2-1-3-9-19/h4-7,10,18H,1-3,8-9H2,(H2,16,17,20,21). The van der Waals surface area contributed by atoms with E-state index in [1.165, 1.54) is 6.42 Å². The van der Waals surface area contributed by atoms with E-state index in [-0.39, 0.29) is 0 Å². The molecule has 0 spiro atoms. The summed E-state index contributed by atoms with van der Waals surface area (Å²) in [6.07, 6.45) is 4.43. The van der Waals surface area contributed by atoms with Gasteiger partial charge in [-0.25, -0.2) is 13.2 Å². The van der Waals surface area contributed by atoms with Crippen molar-refractivity contribution in [1.29, 1.82) is 0 Å². The number of rotatable bonds is 4. The molecule has 1 aliphatic heterocycles. The van der Waals surface area contributed by atoms with Crippen molar-refractivity contribution >= 4 is 21.4 Å². The van der Waals surface area contributed by atoms with Gasteiger partial charge in [-0.2, -0.15) is 0 Å². The lowest BCUT2D eigenvalue weighted by Crippen LogP contribution is -2.29. The van der Waals surface area contributed by atoms with Crippen molar-refractivity contribution in [2.75, 3.05) is 22.7 Å². The molecule has 0 radical (unpaired) electrons. The number of sulfonamides is 1. The first-order valence-corrected chi connectivity index (χ1v) is 9.14. The van der Waals surface area contributed by atoms with Crippen LogP contribution >= 0.6 is 0 Å². The van der Waals surface area contributed by atoms with Crippen molar-refractivity contribution in [2.45, 2.75) is 24.2 Å². The maximum atomic E-state index is 12.3. The summed E-state index contributed by atoms with van der Waals surface area (Å²) in [5.74, 6) is 0. The van der Waals surface area contributed by atoms with E-state index in [9.17, 15) is 18.0 Å². The lowest BCUT2D eigenvalue weighted by molar-refractivity contribution is 0.578. The number of piperidine rings is 1. The van der Waals surface area contributed by atoms with Crippen molar-refractivity contribution < 1.29 is 8.42 Å². The van der Waals surface area contributed by atoms with E-state index in [0.29, 0.717) is 5.69 Å². The third kappa shape index (κ3) is 3.51. The molecule has 9 heteroatoms. The molecule has 1 saturated heterocycles. The lowest BCUT2D eigenvalue weighted by atomic mass is 10.1. The Balaban J connectivity index is 1.80. The van der Waals surface area contributed by atoms with Gasteiger partial charge >= 0.3 is 5.69 Å². The molecule has 1 aromatic carbocycles. The molecule has 0 amide bonds. The summed E-state index contributed by atoms with van der Waals surface area (Å²) in [5.41, 5.74) is -0.332. The molecule has 2 heterocycles. The summed E-state index contributed by atoms with van der Waals surface area (Å²) in [5, 5.41) is 0. The topological polar surface area (TPSA) is 115 Å². The summed E-state index contributed by atoms with van der Waals surface area (Å²) < 4.78 is 26.9. The lowest BCUT2D eigenvalue weighted by Gasteiger charge is -2.28. The first-order valence-electron chi connectivity index (χ1n) is 7.65. The Bertz CT molecular complexity index is 925. The van der Waals surface area contributed by atoms with E-state index >= 15 is 0 Å². The highest BCUT2D eigenvalue weighted by Crippen LogP contribution is 2.22. The summed E-state index contributed by atoms with van der Waals surface area (Å²) in [6, 6.07) is 7.00. The molecule has 1 aliphatic rings. The van der Waals surface area contributed by atoms with Crippen LogP contribution in [-0.4, -0.2) is 31.5 Å². The predicted octanol–water partition coefficient (Wildman–Crippen LogP) is 0.854. The fraction of sp³-hybridized carbons (Fsp3) is 0.333. The van der Waals surface area contributed by atoms with Gasteiger partial charge in [0.1, 0.15) is 0 Å². The van der Waals surface area contributed by atoms with E-state index in [2.05, 4.69) is 14.6 Å². The van der Waals surface area contributed by atoms with E-state index in [0.717, 1.165) is 37.8 Å². The third-order valence-corrected chi connectivity index (χ3v) is 5.30. The molecular formula is C15H18N4O4S. The first-order chi connectivity index (χ1) is 11.5. The van der Waals surface area contributed by atoms with E-state index in [1.54, 1.807) is 12.1 Å². The zero-order valence-corrected chi connectivity index (χ0v) is 13.7. The first kappa shape index (κ1) is 16.3. The van der Waals surface area contributed by atoms with Crippen molar-refractivity contribution in [1.82, 2.24) is 9.97 Å². The Kier molecular flexibility index (Phi) is 4.43. The van der Waals surface area contributed by atoms with Crippen LogP contribution in [0.5, 0.6) is 0 Å². The summed E-state index contributed by atoms with van der Waals surface area (Å²) in [6.45, 7) is 2.00. The molecule has 0 bridgehead atoms. The molecule has 3 N–H and O–H groups in total. The van der Waals surface area contributed by atoms with Gasteiger partial charge in [0.2, 0.25) is 0 Å². The molecule has 0 atom stereocenters. The highest BCUT2D eigenvalue weighted by atomic mass is 32.2. The Labute approximate surface area is 138 Å². The van der Waals surface area contributed by atoms with Crippen LogP contribution in [0.3, 0.4) is 0 Å². The summed E-state index contributed by atoms with van der Waals surface area (Å²) in [7, 11) is -4.08. The number of anilines is 2. The number of nitrogens with zero attached hydrogens (tertiary/aromatic N) is 1. The van der Waals surface area contributed by atoms with Gasteiger partial charge in [-0.3, -0.25) is 14.5 Å². The van der Waals surface area contributed by atoms with Crippen LogP contribution in [0.15, 0.2) is 44.9 Å². The number of H-pyrrole nitrogens is 2. The second kappa shape index (κ2) is 6.52. The summed E-state index contributed by atoms with van der Waals surface area (Å²) >= 11 is 0. The van der Waals surface area contributed by atoms with E-state index < -0.39 is 26.2 Å². The molecular weight excluding hydrogens is 332 g/mol. The summed E-state index contributed by atoms with van der Waals surface area (Å²) in [4.78, 5) is 28.4. The molecule has 0 unspecified atom stereocenters. The number of hydrogen-bond donors (Lipinski definition) is 3. The zero-order chi connectivity index (χ0) is 17.2. The smallest absolute Gasteiger partial charge is 0.325 e. The number of aromatic amines is 2. The highest BCUT2D eigenvalue weighted by Gasteiger charge is 2.19. The van der Waals surface area contributed by atoms with Crippen LogP contribution in [0, 0.1) is 0 Å². The Hall–Kier alpha value is -2.55. The molecule has 3 rings (SSSR count). The van der Waals surface area contributed by atoms with Crippen LogP contribution in [0.25, 0.3) is 0 Å². The van der Waals surface area contributed by atoms with Gasteiger partial charge in [0, 0.05) is 30.7 Å². The van der Waals surface area contributed by atoms with Crippen molar-refractivity contribution in [2.24, 2.45) is 0 Å². The fourth-order valence-corrected chi connectivity index (χ4v) is 3.77. The van der Waals surface area contributed by atoms with Crippen molar-refractivity contribution in [3.8, 4) is 0 Å². The third-order valence-electron chi connectivity index (χ3n) is 3.92. The Morgan fingerprint density at radius 2 is 1.67 bits per heavy atom. The fourth-order valence-electron chi connectivity index (χ4n) is 2.70. The van der Waals surface area contributed by atoms with Crippen LogP contribution in [-0.2, 0) is 10.0 Å². The van der Waals surface area contributed by atoms with Crippen LogP contribution in [0.2, 0.25) is 0 Å². The second-order valence-corrected chi connectivity index (χ2v) is 7.29. The minimum atomic E-state index is -4.08. The van der Waals surface area contributed by atoms with Crippen molar-refractivity contribution in [3.63, 3.8) is 0 Å². The maximum absolute atomic E-state index is 12.3. The number of benzene rings is 1. The second-order valence-electron chi connectivity index (χ2n) is 5.64. The number of aromatic nitrogens is 2. The molecule has 1 fully saturated rings. The molecule has 24 heavy (non-hydrogen) atoms. The Morgan fingerprint density at radius 1 is 1.00 bits per heavy atom. The minimum absolute atomic E-state index is 0.348. The monoisotopic (exact) mass is 350 g/mol. The van der Waals surface area contributed by atoms with Gasteiger partial charge < -0.3 is 9.88 Å². The normalized spacial score (nSPS) is 15.2. The SMILES string of the molecule is O=c1[nH]cc(S(=O)(=O)Nc2ccc(N3CCCCC3)cc2)c(=O)[nH]1. The zero-order valence-electron chi connectivity index (χ0n) is 12.9. The quantitative estimate of drug-likeness (QED) is 0.756. The van der Waals surface area contributed by atoms with Gasteiger partial charge in [-0.1, -0.05) is 0 Å². The molecule has 8 nitrogen and oxygen atoms in total. The van der Waals surface area contributed by atoms with Crippen molar-refractivity contribution in [3.05, 3.63) is 51.3 Å². The van der Waals surface area contributed by atoms with Gasteiger partial charge in [-0.05, 0) is 43.5 Å². The number of hydrogen-bond acceptors (Lipinski definition) is 5. The van der Waals surface area contributed by atoms with Gasteiger partial charge in [0.15, 0.2) is 4.90 Å². The average molecular weight is 350 g/mol. The largest absolute Gasteiger partial charge is 0.372 e. The molecule has 1 aromatic heterocycles. The van der Waals surface area contributed by atoms with Crippen LogP contribution in [0.1, 0.15) is 19.3 Å². The van der Waals surface area contributed by atoms with E-state index in [4.69, 9.17) is 0 Å². The van der Waals surface area contributed by atoms with Gasteiger partial charge in [0.25, 0.3) is 15.6 Å². The Morgan fingerprint density at radius 3 is 2.29 bits per heavy atom. The molecule has 0 aliphatic carbocycles. The molecule has 0 saturated carbocycles. The predicted molar refractivity (Wildman–Crippen MR) is 91.0 cm³/mol.